The topological polar surface area (TPSA) is 115 Å². The van der Waals surface area contributed by atoms with Crippen molar-refractivity contribution in [2.45, 2.75) is 12.5 Å². The van der Waals surface area contributed by atoms with Crippen molar-refractivity contribution in [1.29, 1.82) is 0 Å². The van der Waals surface area contributed by atoms with E-state index in [1.807, 2.05) is 36.4 Å². The number of ether oxygens (including phenoxy) is 1. The lowest BCUT2D eigenvalue weighted by atomic mass is 9.98. The molecule has 244 valence electrons. The van der Waals surface area contributed by atoms with Crippen molar-refractivity contribution in [2.24, 2.45) is 0 Å². The van der Waals surface area contributed by atoms with E-state index >= 15 is 0 Å². The maximum Gasteiger partial charge on any atom is 0.247 e. The van der Waals surface area contributed by atoms with Crippen LogP contribution in [-0.4, -0.2) is 78.9 Å². The number of amides is 1. The first-order valence-electron chi connectivity index (χ1n) is 15.6. The molecule has 3 heterocycles. The van der Waals surface area contributed by atoms with Crippen molar-refractivity contribution in [1.82, 2.24) is 14.9 Å². The molecule has 47 heavy (non-hydrogen) atoms. The Morgan fingerprint density at radius 2 is 1.85 bits per heavy atom. The number of carbonyl (C=O) groups is 1. The molecule has 3 N–H and O–H groups in total. The van der Waals surface area contributed by atoms with Crippen molar-refractivity contribution < 1.29 is 23.9 Å². The van der Waals surface area contributed by atoms with Crippen LogP contribution in [0.1, 0.15) is 18.0 Å². The minimum Gasteiger partial charge on any atom is -0.494 e. The van der Waals surface area contributed by atoms with Crippen LogP contribution in [0, 0.1) is 5.82 Å². The highest BCUT2D eigenvalue weighted by Gasteiger charge is 2.30. The minimum absolute atomic E-state index is 0.112. The number of aliphatic hydroxyl groups is 1. The summed E-state index contributed by atoms with van der Waals surface area (Å²) >= 11 is 0. The largest absolute Gasteiger partial charge is 0.494 e. The highest BCUT2D eigenvalue weighted by molar-refractivity contribution is 6.02. The SMILES string of the molecule is C=CC(=O)Nc1cc(Nc2cc(N3OCCC3c3cccc(-c4cccc(F)c4)c3)ncn2)c(OC)cc1N1CCN(CCO)CC1. The number of β-amino-alcohol motifs (C(OH)–C–C–N with tert-alkyl or cyclic N) is 1. The number of carbonyl (C=O) groups excluding carboxylic acids is 1. The second-order valence-corrected chi connectivity index (χ2v) is 11.3. The molecule has 6 rings (SSSR count). The fraction of sp³-hybridized carbons (Fsp3) is 0.286. The Kier molecular flexibility index (Phi) is 9.91. The summed E-state index contributed by atoms with van der Waals surface area (Å²) in [4.78, 5) is 31.8. The van der Waals surface area contributed by atoms with Gasteiger partial charge in [-0.05, 0) is 47.0 Å². The van der Waals surface area contributed by atoms with E-state index in [2.05, 4.69) is 43.0 Å². The molecule has 0 bridgehead atoms. The normalized spacial score (nSPS) is 16.6. The van der Waals surface area contributed by atoms with Crippen molar-refractivity contribution in [3.8, 4) is 16.9 Å². The van der Waals surface area contributed by atoms with Crippen LogP contribution in [0.4, 0.5) is 33.1 Å². The number of aromatic nitrogens is 2. The van der Waals surface area contributed by atoms with Crippen molar-refractivity contribution >= 4 is 34.6 Å². The number of methoxy groups -OCH3 is 1. The van der Waals surface area contributed by atoms with E-state index in [1.54, 1.807) is 24.3 Å². The smallest absolute Gasteiger partial charge is 0.247 e. The number of hydrogen-bond acceptors (Lipinski definition) is 10. The molecule has 1 atom stereocenters. The molecule has 2 saturated heterocycles. The van der Waals surface area contributed by atoms with Crippen LogP contribution < -0.4 is 25.3 Å². The van der Waals surface area contributed by atoms with Gasteiger partial charge in [-0.25, -0.2) is 19.4 Å². The maximum atomic E-state index is 13.9. The zero-order valence-electron chi connectivity index (χ0n) is 26.2. The van der Waals surface area contributed by atoms with Crippen molar-refractivity contribution in [2.75, 3.05) is 73.6 Å². The van der Waals surface area contributed by atoms with Crippen LogP contribution in [0.15, 0.2) is 85.7 Å². The molecule has 11 nitrogen and oxygen atoms in total. The Balaban J connectivity index is 1.26. The Morgan fingerprint density at radius 1 is 1.06 bits per heavy atom. The standard InChI is InChI=1S/C35H38FN7O4/c1-3-35(45)40-28-20-29(32(46-2)21-31(28)42-13-11-41(12-14-42)15-16-44)39-33-22-34(38-23-37-33)43-30(10-17-47-43)26-8-4-6-24(18-26)25-7-5-9-27(36)19-25/h3-9,18-23,30,44H,1,10-17H2,2H3,(H,40,45)(H,37,38,39). The average Bonchev–Trinajstić information content (AvgIpc) is 3.60. The summed E-state index contributed by atoms with van der Waals surface area (Å²) in [7, 11) is 1.59. The molecule has 4 aromatic rings. The monoisotopic (exact) mass is 639 g/mol. The van der Waals surface area contributed by atoms with Crippen molar-refractivity contribution in [3.63, 3.8) is 0 Å². The number of hydroxylamine groups is 1. The van der Waals surface area contributed by atoms with E-state index in [1.165, 1.54) is 24.5 Å². The highest BCUT2D eigenvalue weighted by Crippen LogP contribution is 2.40. The number of nitrogens with one attached hydrogen (secondary N) is 2. The zero-order valence-corrected chi connectivity index (χ0v) is 26.2. The first kappa shape index (κ1) is 31.9. The Labute approximate surface area is 273 Å². The van der Waals surface area contributed by atoms with Crippen LogP contribution in [0.25, 0.3) is 11.1 Å². The van der Waals surface area contributed by atoms with Crippen LogP contribution in [0.3, 0.4) is 0 Å². The number of rotatable bonds is 11. The Hall–Kier alpha value is -5.04. The summed E-state index contributed by atoms with van der Waals surface area (Å²) < 4.78 is 19.7. The molecule has 1 amide bonds. The van der Waals surface area contributed by atoms with Gasteiger partial charge in [-0.1, -0.05) is 36.9 Å². The van der Waals surface area contributed by atoms with E-state index in [0.717, 1.165) is 55.0 Å². The summed E-state index contributed by atoms with van der Waals surface area (Å²) in [6.45, 7) is 7.90. The molecule has 0 saturated carbocycles. The third kappa shape index (κ3) is 7.35. The van der Waals surface area contributed by atoms with Gasteiger partial charge in [0.25, 0.3) is 0 Å². The molecular weight excluding hydrogens is 601 g/mol. The first-order chi connectivity index (χ1) is 22.9. The van der Waals surface area contributed by atoms with Crippen LogP contribution in [-0.2, 0) is 9.63 Å². The third-order valence-corrected chi connectivity index (χ3v) is 8.37. The molecule has 0 aliphatic carbocycles. The fourth-order valence-corrected chi connectivity index (χ4v) is 6.00. The zero-order chi connectivity index (χ0) is 32.8. The predicted octanol–water partition coefficient (Wildman–Crippen LogP) is 5.16. The number of piperazine rings is 1. The van der Waals surface area contributed by atoms with Gasteiger partial charge < -0.3 is 25.4 Å². The summed E-state index contributed by atoms with van der Waals surface area (Å²) in [5, 5.41) is 17.4. The summed E-state index contributed by atoms with van der Waals surface area (Å²) in [6, 6.07) is 20.0. The molecule has 0 spiro atoms. The quantitative estimate of drug-likeness (QED) is 0.190. The number of nitrogens with zero attached hydrogens (tertiary/aromatic N) is 5. The van der Waals surface area contributed by atoms with Gasteiger partial charge in [-0.3, -0.25) is 14.5 Å². The Morgan fingerprint density at radius 3 is 2.60 bits per heavy atom. The van der Waals surface area contributed by atoms with E-state index < -0.39 is 0 Å². The van der Waals surface area contributed by atoms with Gasteiger partial charge in [-0.15, -0.1) is 0 Å². The number of hydrogen-bond donors (Lipinski definition) is 3. The van der Waals surface area contributed by atoms with Gasteiger partial charge in [0, 0.05) is 51.3 Å². The molecule has 1 unspecified atom stereocenters. The highest BCUT2D eigenvalue weighted by atomic mass is 19.1. The predicted molar refractivity (Wildman–Crippen MR) is 180 cm³/mol. The van der Waals surface area contributed by atoms with Crippen LogP contribution >= 0.6 is 0 Å². The second-order valence-electron chi connectivity index (χ2n) is 11.3. The van der Waals surface area contributed by atoms with E-state index in [4.69, 9.17) is 9.57 Å². The number of aliphatic hydroxyl groups excluding tert-OH is 1. The fourth-order valence-electron chi connectivity index (χ4n) is 6.00. The van der Waals surface area contributed by atoms with E-state index in [0.29, 0.717) is 41.9 Å². The van der Waals surface area contributed by atoms with Crippen molar-refractivity contribution in [3.05, 3.63) is 97.1 Å². The van der Waals surface area contributed by atoms with Gasteiger partial charge in [0.1, 0.15) is 23.7 Å². The molecule has 2 aliphatic heterocycles. The lowest BCUT2D eigenvalue weighted by Crippen LogP contribution is -2.47. The van der Waals surface area contributed by atoms with Gasteiger partial charge >= 0.3 is 0 Å². The molecule has 3 aromatic carbocycles. The van der Waals surface area contributed by atoms with Gasteiger partial charge in [0.05, 0.1) is 43.4 Å². The second kappa shape index (κ2) is 14.6. The Bertz CT molecular complexity index is 1730. The molecule has 1 aromatic heterocycles. The number of anilines is 5. The molecule has 2 fully saturated rings. The maximum absolute atomic E-state index is 13.9. The van der Waals surface area contributed by atoms with E-state index in [9.17, 15) is 14.3 Å². The molecule has 2 aliphatic rings. The summed E-state index contributed by atoms with van der Waals surface area (Å²) in [5.74, 6) is 1.03. The molecular formula is C35H38FN7O4. The number of halogens is 1. The van der Waals surface area contributed by atoms with Crippen LogP contribution in [0.2, 0.25) is 0 Å². The lowest BCUT2D eigenvalue weighted by molar-refractivity contribution is -0.111. The van der Waals surface area contributed by atoms with Crippen LogP contribution in [0.5, 0.6) is 5.75 Å². The van der Waals surface area contributed by atoms with Gasteiger partial charge in [0.2, 0.25) is 5.91 Å². The van der Waals surface area contributed by atoms with E-state index in [-0.39, 0.29) is 24.4 Å². The summed E-state index contributed by atoms with van der Waals surface area (Å²) in [5.41, 5.74) is 4.77. The third-order valence-electron chi connectivity index (χ3n) is 8.37. The average molecular weight is 640 g/mol. The molecule has 12 heteroatoms. The first-order valence-corrected chi connectivity index (χ1v) is 15.6. The minimum atomic E-state index is -0.329. The number of benzene rings is 3. The summed E-state index contributed by atoms with van der Waals surface area (Å²) in [6.07, 6.45) is 3.44. The lowest BCUT2D eigenvalue weighted by Gasteiger charge is -2.37. The van der Waals surface area contributed by atoms with Gasteiger partial charge in [-0.2, -0.15) is 0 Å². The van der Waals surface area contributed by atoms with Gasteiger partial charge in [0.15, 0.2) is 5.82 Å². The molecule has 0 radical (unpaired) electrons.